The largest absolute Gasteiger partial charge is 0.345 e. The Hall–Kier alpha value is -2.80. The summed E-state index contributed by atoms with van der Waals surface area (Å²) in [5.74, 6) is 0.848. The van der Waals surface area contributed by atoms with Gasteiger partial charge < -0.3 is 15.5 Å². The standard InChI is InChI=1S/C29H39N5O2/c1-20-8-6-11-24(30-20)26(35)32-28-15-21-14-22(16-28)18-29(17-21,19-28)33-27(36)25-12-7-10-23(31-25)9-4-5-13-34(2)3/h6-8,10-12,21-22H,4-5,9,13-19H2,1-3H3,(H,32,35)(H,33,36). The van der Waals surface area contributed by atoms with Gasteiger partial charge in [0, 0.05) is 22.5 Å². The maximum Gasteiger partial charge on any atom is 0.270 e. The van der Waals surface area contributed by atoms with Crippen LogP contribution in [0.4, 0.5) is 0 Å². The number of hydrogen-bond acceptors (Lipinski definition) is 5. The number of unbranched alkanes of at least 4 members (excludes halogenated alkanes) is 1. The average molecular weight is 490 g/mol. The Labute approximate surface area is 214 Å². The van der Waals surface area contributed by atoms with Crippen LogP contribution < -0.4 is 10.6 Å². The second kappa shape index (κ2) is 9.92. The maximum absolute atomic E-state index is 13.4. The second-order valence-corrected chi connectivity index (χ2v) is 11.9. The van der Waals surface area contributed by atoms with Crippen molar-refractivity contribution in [1.29, 1.82) is 0 Å². The van der Waals surface area contributed by atoms with Crippen LogP contribution in [0.15, 0.2) is 36.4 Å². The van der Waals surface area contributed by atoms with E-state index in [-0.39, 0.29) is 22.9 Å². The third kappa shape index (κ3) is 5.46. The van der Waals surface area contributed by atoms with Gasteiger partial charge in [-0.2, -0.15) is 0 Å². The van der Waals surface area contributed by atoms with Crippen LogP contribution in [0, 0.1) is 18.8 Å². The van der Waals surface area contributed by atoms with Crippen LogP contribution in [0.5, 0.6) is 0 Å². The van der Waals surface area contributed by atoms with Gasteiger partial charge in [0.25, 0.3) is 11.8 Å². The number of carbonyl (C=O) groups is 2. The van der Waals surface area contributed by atoms with Crippen molar-refractivity contribution in [2.24, 2.45) is 11.8 Å². The summed E-state index contributed by atoms with van der Waals surface area (Å²) >= 11 is 0. The van der Waals surface area contributed by atoms with Crippen molar-refractivity contribution in [3.63, 3.8) is 0 Å². The SMILES string of the molecule is Cc1cccc(C(=O)NC23CC4CC(C2)CC(NC(=O)c2cccc(CCCCN(C)C)n2)(C4)C3)n1. The van der Waals surface area contributed by atoms with Crippen LogP contribution in [0.25, 0.3) is 0 Å². The first-order chi connectivity index (χ1) is 17.2. The van der Waals surface area contributed by atoms with Crippen molar-refractivity contribution in [1.82, 2.24) is 25.5 Å². The van der Waals surface area contributed by atoms with Crippen molar-refractivity contribution in [3.8, 4) is 0 Å². The molecule has 2 aromatic heterocycles. The molecule has 2 N–H and O–H groups in total. The molecule has 4 bridgehead atoms. The summed E-state index contributed by atoms with van der Waals surface area (Å²) in [6.45, 7) is 2.96. The van der Waals surface area contributed by atoms with Crippen molar-refractivity contribution < 1.29 is 9.59 Å². The average Bonchev–Trinajstić information content (AvgIpc) is 2.80. The minimum absolute atomic E-state index is 0.0890. The van der Waals surface area contributed by atoms with E-state index in [0.29, 0.717) is 23.2 Å². The summed E-state index contributed by atoms with van der Waals surface area (Å²) in [5.41, 5.74) is 2.22. The minimum atomic E-state index is -0.280. The van der Waals surface area contributed by atoms with Crippen LogP contribution in [-0.2, 0) is 6.42 Å². The van der Waals surface area contributed by atoms with Gasteiger partial charge >= 0.3 is 0 Å². The molecule has 0 radical (unpaired) electrons. The molecule has 0 spiro atoms. The fourth-order valence-electron chi connectivity index (χ4n) is 7.31. The molecule has 4 aliphatic carbocycles. The van der Waals surface area contributed by atoms with Gasteiger partial charge in [0.15, 0.2) is 0 Å². The van der Waals surface area contributed by atoms with Gasteiger partial charge in [0.1, 0.15) is 11.4 Å². The van der Waals surface area contributed by atoms with Gasteiger partial charge in [-0.3, -0.25) is 9.59 Å². The quantitative estimate of drug-likeness (QED) is 0.522. The Morgan fingerprint density at radius 2 is 1.47 bits per heavy atom. The zero-order valence-electron chi connectivity index (χ0n) is 21.8. The van der Waals surface area contributed by atoms with E-state index in [2.05, 4.69) is 34.6 Å². The molecule has 4 fully saturated rings. The van der Waals surface area contributed by atoms with Gasteiger partial charge in [0.05, 0.1) is 0 Å². The van der Waals surface area contributed by atoms with Gasteiger partial charge in [-0.25, -0.2) is 9.97 Å². The molecule has 2 unspecified atom stereocenters. The summed E-state index contributed by atoms with van der Waals surface area (Å²) in [6, 6.07) is 11.3. The Morgan fingerprint density at radius 3 is 2.06 bits per heavy atom. The lowest BCUT2D eigenvalue weighted by molar-refractivity contribution is -0.0449. The van der Waals surface area contributed by atoms with E-state index in [4.69, 9.17) is 4.98 Å². The monoisotopic (exact) mass is 489 g/mol. The van der Waals surface area contributed by atoms with E-state index in [0.717, 1.165) is 69.3 Å². The predicted octanol–water partition coefficient (Wildman–Crippen LogP) is 3.92. The molecule has 7 heteroatoms. The van der Waals surface area contributed by atoms with Gasteiger partial charge in [-0.1, -0.05) is 12.1 Å². The van der Waals surface area contributed by atoms with Crippen molar-refractivity contribution in [2.45, 2.75) is 75.8 Å². The molecule has 4 aliphatic rings. The highest BCUT2D eigenvalue weighted by Gasteiger charge is 2.58. The number of aromatic nitrogens is 2. The van der Waals surface area contributed by atoms with E-state index >= 15 is 0 Å². The first kappa shape index (κ1) is 24.9. The molecule has 0 aliphatic heterocycles. The fourth-order valence-corrected chi connectivity index (χ4v) is 7.31. The molecular weight excluding hydrogens is 450 g/mol. The summed E-state index contributed by atoms with van der Waals surface area (Å²) in [4.78, 5) is 37.9. The van der Waals surface area contributed by atoms with E-state index < -0.39 is 0 Å². The minimum Gasteiger partial charge on any atom is -0.345 e. The Kier molecular flexibility index (Phi) is 6.86. The summed E-state index contributed by atoms with van der Waals surface area (Å²) < 4.78 is 0. The highest BCUT2D eigenvalue weighted by Crippen LogP contribution is 2.57. The molecule has 2 heterocycles. The lowest BCUT2D eigenvalue weighted by Gasteiger charge is -2.62. The molecule has 4 saturated carbocycles. The molecule has 7 nitrogen and oxygen atoms in total. The number of aryl methyl sites for hydroxylation is 2. The molecule has 36 heavy (non-hydrogen) atoms. The highest BCUT2D eigenvalue weighted by atomic mass is 16.2. The summed E-state index contributed by atoms with van der Waals surface area (Å²) in [7, 11) is 4.17. The zero-order chi connectivity index (χ0) is 25.3. The number of carbonyl (C=O) groups excluding carboxylic acids is 2. The van der Waals surface area contributed by atoms with Crippen LogP contribution in [0.3, 0.4) is 0 Å². The van der Waals surface area contributed by atoms with E-state index in [1.54, 1.807) is 6.07 Å². The smallest absolute Gasteiger partial charge is 0.270 e. The van der Waals surface area contributed by atoms with Crippen molar-refractivity contribution >= 4 is 11.8 Å². The van der Waals surface area contributed by atoms with Gasteiger partial charge in [-0.05, 0) is 121 Å². The molecule has 0 saturated heterocycles. The third-order valence-corrected chi connectivity index (χ3v) is 8.27. The van der Waals surface area contributed by atoms with Crippen LogP contribution in [-0.4, -0.2) is 58.4 Å². The molecule has 192 valence electrons. The molecule has 0 aromatic carbocycles. The molecule has 2 aromatic rings. The molecular formula is C29H39N5O2. The number of rotatable bonds is 9. The molecule has 2 amide bonds. The zero-order valence-corrected chi connectivity index (χ0v) is 21.8. The van der Waals surface area contributed by atoms with Crippen LogP contribution in [0.1, 0.15) is 83.7 Å². The number of amides is 2. The first-order valence-corrected chi connectivity index (χ1v) is 13.4. The van der Waals surface area contributed by atoms with E-state index in [1.807, 2.05) is 37.3 Å². The fraction of sp³-hybridized carbons (Fsp3) is 0.586. The van der Waals surface area contributed by atoms with Gasteiger partial charge in [-0.15, -0.1) is 0 Å². The molecule has 6 rings (SSSR count). The lowest BCUT2D eigenvalue weighted by Crippen LogP contribution is -2.70. The Bertz CT molecular complexity index is 1120. The van der Waals surface area contributed by atoms with Gasteiger partial charge in [0.2, 0.25) is 0 Å². The highest BCUT2D eigenvalue weighted by molar-refractivity contribution is 5.93. The topological polar surface area (TPSA) is 87.2 Å². The summed E-state index contributed by atoms with van der Waals surface area (Å²) in [5, 5.41) is 6.80. The number of pyridine rings is 2. The normalized spacial score (nSPS) is 28.3. The third-order valence-electron chi connectivity index (χ3n) is 8.27. The van der Waals surface area contributed by atoms with Crippen LogP contribution >= 0.6 is 0 Å². The maximum atomic E-state index is 13.4. The number of hydrogen-bond donors (Lipinski definition) is 2. The predicted molar refractivity (Wildman–Crippen MR) is 140 cm³/mol. The lowest BCUT2D eigenvalue weighted by atomic mass is 9.49. The van der Waals surface area contributed by atoms with Crippen molar-refractivity contribution in [2.75, 3.05) is 20.6 Å². The summed E-state index contributed by atoms with van der Waals surface area (Å²) in [6.07, 6.45) is 8.97. The van der Waals surface area contributed by atoms with Crippen molar-refractivity contribution in [3.05, 3.63) is 59.2 Å². The Morgan fingerprint density at radius 1 is 0.889 bits per heavy atom. The van der Waals surface area contributed by atoms with E-state index in [9.17, 15) is 9.59 Å². The number of nitrogens with one attached hydrogen (secondary N) is 2. The second-order valence-electron chi connectivity index (χ2n) is 11.9. The Balaban J connectivity index is 1.27. The van der Waals surface area contributed by atoms with E-state index in [1.165, 1.54) is 6.42 Å². The first-order valence-electron chi connectivity index (χ1n) is 13.4. The molecule has 2 atom stereocenters. The van der Waals surface area contributed by atoms with Crippen LogP contribution in [0.2, 0.25) is 0 Å². The number of nitrogens with zero attached hydrogens (tertiary/aromatic N) is 3.